The molecule has 2 rings (SSSR count). The molecule has 0 spiro atoms. The van der Waals surface area contributed by atoms with E-state index in [4.69, 9.17) is 10.5 Å². The summed E-state index contributed by atoms with van der Waals surface area (Å²) in [5, 5.41) is 10.5. The Morgan fingerprint density at radius 1 is 1.27 bits per heavy atom. The minimum absolute atomic E-state index is 0.415. The highest BCUT2D eigenvalue weighted by Crippen LogP contribution is 2.31. The van der Waals surface area contributed by atoms with Gasteiger partial charge in [0.25, 0.3) is 0 Å². The lowest BCUT2D eigenvalue weighted by Gasteiger charge is -2.44. The van der Waals surface area contributed by atoms with Gasteiger partial charge < -0.3 is 15.6 Å². The fraction of sp³-hybridized carbons (Fsp3) is 0.562. The maximum atomic E-state index is 12.5. The van der Waals surface area contributed by atoms with Crippen LogP contribution in [0.5, 0.6) is 0 Å². The third-order valence-corrected chi connectivity index (χ3v) is 3.67. The number of carbonyl (C=O) groups excluding carboxylic acids is 1. The average molecular weight is 307 g/mol. The molecular formula is C16H25N3O3. The van der Waals surface area contributed by atoms with E-state index in [9.17, 15) is 9.90 Å². The number of likely N-dealkylation sites (N-methyl/N-ethyl adjacent to an activating group) is 1. The Kier molecular flexibility index (Phi) is 4.63. The Hall–Kier alpha value is -1.79. The summed E-state index contributed by atoms with van der Waals surface area (Å²) in [4.78, 5) is 15.9. The largest absolute Gasteiger partial charge is 0.444 e. The monoisotopic (exact) mass is 307 g/mol. The number of piperazine rings is 1. The Morgan fingerprint density at radius 3 is 2.41 bits per heavy atom. The van der Waals surface area contributed by atoms with Crippen LogP contribution in [-0.4, -0.2) is 53.0 Å². The summed E-state index contributed by atoms with van der Waals surface area (Å²) in [6.07, 6.45) is -1.20. The summed E-state index contributed by atoms with van der Waals surface area (Å²) in [7, 11) is 1.83. The molecule has 1 aliphatic heterocycles. The zero-order valence-corrected chi connectivity index (χ0v) is 13.6. The number of benzene rings is 1. The van der Waals surface area contributed by atoms with Crippen LogP contribution in [-0.2, 0) is 4.74 Å². The molecule has 22 heavy (non-hydrogen) atoms. The van der Waals surface area contributed by atoms with Gasteiger partial charge in [0.05, 0.1) is 6.04 Å². The quantitative estimate of drug-likeness (QED) is 0.774. The number of hydrogen-bond acceptors (Lipinski definition) is 5. The molecule has 6 heteroatoms. The van der Waals surface area contributed by atoms with Crippen LogP contribution in [0, 0.1) is 0 Å². The van der Waals surface area contributed by atoms with Crippen molar-refractivity contribution in [1.29, 1.82) is 0 Å². The van der Waals surface area contributed by atoms with E-state index in [1.165, 1.54) is 0 Å². The fourth-order valence-corrected chi connectivity index (χ4v) is 2.51. The first kappa shape index (κ1) is 16.6. The summed E-state index contributed by atoms with van der Waals surface area (Å²) < 4.78 is 5.47. The molecular weight excluding hydrogens is 282 g/mol. The van der Waals surface area contributed by atoms with Crippen LogP contribution in [0.25, 0.3) is 0 Å². The topological polar surface area (TPSA) is 79.0 Å². The van der Waals surface area contributed by atoms with Crippen LogP contribution in [0.4, 0.5) is 10.5 Å². The molecule has 1 aromatic carbocycles. The molecule has 1 aromatic rings. The van der Waals surface area contributed by atoms with Gasteiger partial charge >= 0.3 is 6.09 Å². The predicted molar refractivity (Wildman–Crippen MR) is 85.2 cm³/mol. The van der Waals surface area contributed by atoms with Gasteiger partial charge in [-0.1, -0.05) is 12.1 Å². The second-order valence-electron chi connectivity index (χ2n) is 6.68. The smallest absolute Gasteiger partial charge is 0.410 e. The van der Waals surface area contributed by atoms with Crippen molar-refractivity contribution in [2.24, 2.45) is 0 Å². The summed E-state index contributed by atoms with van der Waals surface area (Å²) in [6, 6.07) is 6.72. The van der Waals surface area contributed by atoms with Gasteiger partial charge in [0, 0.05) is 18.8 Å². The molecule has 1 aliphatic rings. The number of carbonyl (C=O) groups is 1. The fourth-order valence-electron chi connectivity index (χ4n) is 2.51. The van der Waals surface area contributed by atoms with Crippen LogP contribution in [0.15, 0.2) is 24.3 Å². The maximum Gasteiger partial charge on any atom is 0.410 e. The van der Waals surface area contributed by atoms with Crippen molar-refractivity contribution in [3.8, 4) is 0 Å². The van der Waals surface area contributed by atoms with Gasteiger partial charge in [0.1, 0.15) is 11.8 Å². The van der Waals surface area contributed by atoms with Crippen molar-refractivity contribution in [3.63, 3.8) is 0 Å². The molecule has 0 aliphatic carbocycles. The number of rotatable bonds is 1. The van der Waals surface area contributed by atoms with E-state index in [2.05, 4.69) is 0 Å². The molecule has 122 valence electrons. The van der Waals surface area contributed by atoms with Gasteiger partial charge in [0.15, 0.2) is 0 Å². The van der Waals surface area contributed by atoms with Crippen LogP contribution in [0.1, 0.15) is 32.4 Å². The number of aliphatic hydroxyl groups excluding tert-OH is 1. The van der Waals surface area contributed by atoms with E-state index in [0.717, 1.165) is 5.56 Å². The number of anilines is 1. The van der Waals surface area contributed by atoms with Gasteiger partial charge in [0.2, 0.25) is 0 Å². The number of nitrogens with two attached hydrogens (primary N) is 1. The Balaban J connectivity index is 2.29. The van der Waals surface area contributed by atoms with Gasteiger partial charge in [-0.05, 0) is 45.5 Å². The number of aliphatic hydroxyl groups is 1. The van der Waals surface area contributed by atoms with Crippen molar-refractivity contribution >= 4 is 11.8 Å². The Bertz CT molecular complexity index is 524. The highest BCUT2D eigenvalue weighted by molar-refractivity contribution is 5.69. The first-order valence-electron chi connectivity index (χ1n) is 7.42. The normalized spacial score (nSPS) is 23.4. The van der Waals surface area contributed by atoms with Crippen LogP contribution in [0.2, 0.25) is 0 Å². The van der Waals surface area contributed by atoms with E-state index in [1.807, 2.05) is 44.9 Å². The van der Waals surface area contributed by atoms with Crippen molar-refractivity contribution in [2.75, 3.05) is 25.9 Å². The van der Waals surface area contributed by atoms with E-state index >= 15 is 0 Å². The molecule has 1 amide bonds. The SMILES string of the molecule is CN1CCN(C(=O)OC(C)(C)C)C(c2ccc(N)cc2)C1O. The van der Waals surface area contributed by atoms with Crippen molar-refractivity contribution in [1.82, 2.24) is 9.80 Å². The van der Waals surface area contributed by atoms with Crippen LogP contribution < -0.4 is 5.73 Å². The zero-order chi connectivity index (χ0) is 16.5. The number of nitrogen functional groups attached to an aromatic ring is 1. The van der Waals surface area contributed by atoms with Gasteiger partial charge in [-0.2, -0.15) is 0 Å². The Labute approximate surface area is 131 Å². The molecule has 1 saturated heterocycles. The van der Waals surface area contributed by atoms with E-state index in [-0.39, 0.29) is 0 Å². The summed E-state index contributed by atoms with van der Waals surface area (Å²) in [5.74, 6) is 0. The molecule has 6 nitrogen and oxygen atoms in total. The number of amides is 1. The molecule has 1 heterocycles. The number of ether oxygens (including phenoxy) is 1. The average Bonchev–Trinajstić information content (AvgIpc) is 2.41. The van der Waals surface area contributed by atoms with E-state index < -0.39 is 24.0 Å². The second-order valence-corrected chi connectivity index (χ2v) is 6.68. The molecule has 0 aromatic heterocycles. The Morgan fingerprint density at radius 2 is 1.86 bits per heavy atom. The molecule has 0 radical (unpaired) electrons. The lowest BCUT2D eigenvalue weighted by molar-refractivity contribution is -0.0890. The lowest BCUT2D eigenvalue weighted by atomic mass is 10.0. The predicted octanol–water partition coefficient (Wildman–Crippen LogP) is 1.81. The molecule has 0 saturated carbocycles. The lowest BCUT2D eigenvalue weighted by Crippen LogP contribution is -2.55. The molecule has 3 N–H and O–H groups in total. The highest BCUT2D eigenvalue weighted by atomic mass is 16.6. The minimum atomic E-state index is -0.787. The summed E-state index contributed by atoms with van der Waals surface area (Å²) in [5.41, 5.74) is 6.62. The number of nitrogens with zero attached hydrogens (tertiary/aromatic N) is 2. The third kappa shape index (κ3) is 3.69. The van der Waals surface area contributed by atoms with Crippen molar-refractivity contribution in [3.05, 3.63) is 29.8 Å². The van der Waals surface area contributed by atoms with Crippen LogP contribution in [0.3, 0.4) is 0 Å². The first-order chi connectivity index (χ1) is 10.2. The molecule has 2 atom stereocenters. The second kappa shape index (κ2) is 6.14. The highest BCUT2D eigenvalue weighted by Gasteiger charge is 2.39. The zero-order valence-electron chi connectivity index (χ0n) is 13.6. The summed E-state index contributed by atoms with van der Waals surface area (Å²) >= 11 is 0. The van der Waals surface area contributed by atoms with Gasteiger partial charge in [-0.3, -0.25) is 9.80 Å². The summed E-state index contributed by atoms with van der Waals surface area (Å²) in [6.45, 7) is 6.57. The van der Waals surface area contributed by atoms with Crippen molar-refractivity contribution < 1.29 is 14.6 Å². The third-order valence-electron chi connectivity index (χ3n) is 3.67. The van der Waals surface area contributed by atoms with E-state index in [1.54, 1.807) is 17.0 Å². The molecule has 0 bridgehead atoms. The standard InChI is InChI=1S/C16H25N3O3/c1-16(2,3)22-15(21)19-10-9-18(4)14(20)13(19)11-5-7-12(17)8-6-11/h5-8,13-14,20H,9-10,17H2,1-4H3. The van der Waals surface area contributed by atoms with Gasteiger partial charge in [-0.15, -0.1) is 0 Å². The maximum absolute atomic E-state index is 12.5. The van der Waals surface area contributed by atoms with Crippen molar-refractivity contribution in [2.45, 2.75) is 38.6 Å². The number of hydrogen-bond donors (Lipinski definition) is 2. The molecule has 2 unspecified atom stereocenters. The van der Waals surface area contributed by atoms with Gasteiger partial charge in [-0.25, -0.2) is 4.79 Å². The van der Waals surface area contributed by atoms with Crippen LogP contribution >= 0.6 is 0 Å². The molecule has 1 fully saturated rings. The first-order valence-corrected chi connectivity index (χ1v) is 7.42. The minimum Gasteiger partial charge on any atom is -0.444 e. The van der Waals surface area contributed by atoms with E-state index in [0.29, 0.717) is 18.8 Å².